The summed E-state index contributed by atoms with van der Waals surface area (Å²) in [5.41, 5.74) is 5.97. The lowest BCUT2D eigenvalue weighted by Gasteiger charge is -2.42. The molecule has 1 atom stereocenters. The first-order valence-corrected chi connectivity index (χ1v) is 12.1. The highest BCUT2D eigenvalue weighted by Gasteiger charge is 2.40. The lowest BCUT2D eigenvalue weighted by atomic mass is 9.92. The predicted octanol–water partition coefficient (Wildman–Crippen LogP) is 5.39. The molecule has 0 radical (unpaired) electrons. The maximum Gasteiger partial charge on any atom is 0.326 e. The van der Waals surface area contributed by atoms with Crippen molar-refractivity contribution in [3.8, 4) is 11.1 Å². The zero-order chi connectivity index (χ0) is 25.8. The second-order valence-corrected chi connectivity index (χ2v) is 10.6. The number of carboxylic acids is 1. The number of hydrogen-bond donors (Lipinski definition) is 2. The summed E-state index contributed by atoms with van der Waals surface area (Å²) < 4.78 is 14.2. The van der Waals surface area contributed by atoms with Crippen LogP contribution in [-0.4, -0.2) is 39.4 Å². The summed E-state index contributed by atoms with van der Waals surface area (Å²) >= 11 is 7.42. The number of hydrogen-bond acceptors (Lipinski definition) is 4. The molecule has 184 valence electrons. The van der Waals surface area contributed by atoms with E-state index in [1.54, 1.807) is 56.3 Å². The second kappa shape index (κ2) is 11.0. The molecule has 0 bridgehead atoms. The van der Waals surface area contributed by atoms with Crippen LogP contribution in [0, 0.1) is 5.82 Å². The Hall–Kier alpha value is -3.23. The van der Waals surface area contributed by atoms with Gasteiger partial charge in [-0.15, -0.1) is 11.3 Å². The third-order valence-corrected chi connectivity index (χ3v) is 6.89. The molecule has 0 spiro atoms. The highest BCUT2D eigenvalue weighted by atomic mass is 35.5. The molecule has 0 aliphatic heterocycles. The molecule has 0 aliphatic rings. The van der Waals surface area contributed by atoms with Crippen molar-refractivity contribution in [3.63, 3.8) is 0 Å². The van der Waals surface area contributed by atoms with E-state index in [1.807, 2.05) is 6.07 Å². The predicted molar refractivity (Wildman–Crippen MR) is 135 cm³/mol. The Morgan fingerprint density at radius 2 is 1.77 bits per heavy atom. The van der Waals surface area contributed by atoms with Crippen molar-refractivity contribution in [2.75, 3.05) is 0 Å². The fraction of sp³-hybridized carbons (Fsp3) is 0.269. The molecule has 6 nitrogen and oxygen atoms in total. The number of nitrogens with two attached hydrogens (primary N) is 1. The number of nitrogens with zero attached hydrogens (tertiary/aromatic N) is 1. The average molecular weight is 517 g/mol. The summed E-state index contributed by atoms with van der Waals surface area (Å²) in [4.78, 5) is 39.6. The van der Waals surface area contributed by atoms with Gasteiger partial charge in [0, 0.05) is 28.8 Å². The minimum Gasteiger partial charge on any atom is -0.480 e. The average Bonchev–Trinajstić information content (AvgIpc) is 3.19. The number of rotatable bonds is 10. The van der Waals surface area contributed by atoms with Crippen LogP contribution in [0.3, 0.4) is 0 Å². The number of amides is 2. The van der Waals surface area contributed by atoms with Crippen LogP contribution in [0.2, 0.25) is 4.34 Å². The first kappa shape index (κ1) is 26.4. The molecular formula is C26H26ClFN2O4S. The van der Waals surface area contributed by atoms with Crippen molar-refractivity contribution < 1.29 is 23.9 Å². The van der Waals surface area contributed by atoms with Crippen LogP contribution in [-0.2, 0) is 16.0 Å². The summed E-state index contributed by atoms with van der Waals surface area (Å²) in [6, 6.07) is 14.9. The fourth-order valence-corrected chi connectivity index (χ4v) is 5.36. The van der Waals surface area contributed by atoms with Crippen molar-refractivity contribution >= 4 is 40.7 Å². The van der Waals surface area contributed by atoms with E-state index in [-0.39, 0.29) is 24.2 Å². The Morgan fingerprint density at radius 3 is 2.31 bits per heavy atom. The van der Waals surface area contributed by atoms with Gasteiger partial charge < -0.3 is 15.7 Å². The van der Waals surface area contributed by atoms with Crippen LogP contribution >= 0.6 is 22.9 Å². The number of benzene rings is 2. The van der Waals surface area contributed by atoms with Crippen LogP contribution in [0.1, 0.15) is 41.9 Å². The van der Waals surface area contributed by atoms with Gasteiger partial charge in [0.1, 0.15) is 11.9 Å². The lowest BCUT2D eigenvalue weighted by molar-refractivity contribution is -0.144. The maximum absolute atomic E-state index is 13.7. The van der Waals surface area contributed by atoms with Crippen LogP contribution in [0.5, 0.6) is 0 Å². The van der Waals surface area contributed by atoms with E-state index < -0.39 is 29.4 Å². The van der Waals surface area contributed by atoms with Gasteiger partial charge in [-0.1, -0.05) is 35.9 Å². The number of carboxylic acid groups (broad SMARTS) is 1. The molecule has 3 rings (SSSR count). The molecule has 0 saturated heterocycles. The molecule has 0 saturated carbocycles. The molecule has 3 aromatic rings. The molecule has 0 fully saturated rings. The summed E-state index contributed by atoms with van der Waals surface area (Å²) in [5.74, 6) is -2.75. The third kappa shape index (κ3) is 6.68. The molecular weight excluding hydrogens is 491 g/mol. The van der Waals surface area contributed by atoms with E-state index in [0.29, 0.717) is 21.9 Å². The van der Waals surface area contributed by atoms with E-state index in [9.17, 15) is 23.9 Å². The van der Waals surface area contributed by atoms with Gasteiger partial charge in [0.15, 0.2) is 0 Å². The van der Waals surface area contributed by atoms with Crippen molar-refractivity contribution in [1.82, 2.24) is 4.90 Å². The number of carbonyl (C=O) groups is 3. The molecule has 1 aromatic heterocycles. The molecule has 2 aromatic carbocycles. The third-order valence-electron chi connectivity index (χ3n) is 5.66. The number of thiophene rings is 1. The Morgan fingerprint density at radius 1 is 1.09 bits per heavy atom. The van der Waals surface area contributed by atoms with Gasteiger partial charge in [-0.05, 0) is 67.8 Å². The lowest BCUT2D eigenvalue weighted by Crippen LogP contribution is -2.57. The van der Waals surface area contributed by atoms with Crippen molar-refractivity contribution in [2.45, 2.75) is 44.7 Å². The number of carbonyl (C=O) groups excluding carboxylic acids is 2. The topological polar surface area (TPSA) is 101 Å². The first-order valence-electron chi connectivity index (χ1n) is 10.9. The quantitative estimate of drug-likeness (QED) is 0.377. The monoisotopic (exact) mass is 516 g/mol. The van der Waals surface area contributed by atoms with Crippen LogP contribution in [0.25, 0.3) is 11.1 Å². The summed E-state index contributed by atoms with van der Waals surface area (Å²) in [6.45, 7) is 3.56. The normalized spacial score (nSPS) is 12.2. The van der Waals surface area contributed by atoms with E-state index >= 15 is 0 Å². The molecule has 9 heteroatoms. The molecule has 35 heavy (non-hydrogen) atoms. The molecule has 1 heterocycles. The summed E-state index contributed by atoms with van der Waals surface area (Å²) in [5, 5.41) is 10.0. The maximum atomic E-state index is 13.7. The zero-order valence-electron chi connectivity index (χ0n) is 19.3. The van der Waals surface area contributed by atoms with E-state index in [0.717, 1.165) is 4.88 Å². The van der Waals surface area contributed by atoms with Crippen molar-refractivity contribution in [2.24, 2.45) is 5.73 Å². The minimum absolute atomic E-state index is 0.119. The number of aliphatic carboxylic acids is 1. The Balaban J connectivity index is 1.98. The van der Waals surface area contributed by atoms with Gasteiger partial charge in [-0.3, -0.25) is 9.59 Å². The Kier molecular flexibility index (Phi) is 8.30. The van der Waals surface area contributed by atoms with Crippen LogP contribution in [0.4, 0.5) is 4.39 Å². The molecule has 3 N–H and O–H groups in total. The van der Waals surface area contributed by atoms with Gasteiger partial charge in [-0.2, -0.15) is 0 Å². The SMILES string of the molecule is CC(C)(Cc1ccc(Cl)s1)N(C(=O)c1ccc(-c2cccc(F)c2)cc1)[C@@H](CCC(N)=O)C(=O)O. The van der Waals surface area contributed by atoms with E-state index in [2.05, 4.69) is 0 Å². The number of primary amides is 1. The van der Waals surface area contributed by atoms with Gasteiger partial charge in [0.25, 0.3) is 5.91 Å². The van der Waals surface area contributed by atoms with Crippen molar-refractivity contribution in [3.05, 3.63) is 81.3 Å². The van der Waals surface area contributed by atoms with Gasteiger partial charge in [0.05, 0.1) is 4.34 Å². The first-order chi connectivity index (χ1) is 16.5. The summed E-state index contributed by atoms with van der Waals surface area (Å²) in [6.07, 6.45) is 0.0599. The fourth-order valence-electron chi connectivity index (χ4n) is 4.05. The highest BCUT2D eigenvalue weighted by Crippen LogP contribution is 2.32. The molecule has 0 unspecified atom stereocenters. The largest absolute Gasteiger partial charge is 0.480 e. The molecule has 2 amide bonds. The van der Waals surface area contributed by atoms with Crippen LogP contribution in [0.15, 0.2) is 60.7 Å². The second-order valence-electron chi connectivity index (χ2n) is 8.82. The minimum atomic E-state index is -1.27. The van der Waals surface area contributed by atoms with Gasteiger partial charge in [-0.25, -0.2) is 9.18 Å². The summed E-state index contributed by atoms with van der Waals surface area (Å²) in [7, 11) is 0. The van der Waals surface area contributed by atoms with Gasteiger partial charge >= 0.3 is 5.97 Å². The van der Waals surface area contributed by atoms with E-state index in [4.69, 9.17) is 17.3 Å². The Bertz CT molecular complexity index is 1230. The van der Waals surface area contributed by atoms with Crippen LogP contribution < -0.4 is 5.73 Å². The highest BCUT2D eigenvalue weighted by molar-refractivity contribution is 7.16. The Labute approximate surface area is 212 Å². The zero-order valence-corrected chi connectivity index (χ0v) is 20.9. The standard InChI is InChI=1S/C26H26ClFN2O4S/c1-26(2,15-20-10-12-22(27)35-20)30(21(25(33)34)11-13-23(29)31)24(32)17-8-6-16(7-9-17)18-4-3-5-19(28)14-18/h3-10,12,14,21H,11,13,15H2,1-2H3,(H2,29,31)(H,33,34)/t21-/m0/s1. The van der Waals surface area contributed by atoms with E-state index in [1.165, 1.54) is 28.4 Å². The molecule has 0 aliphatic carbocycles. The van der Waals surface area contributed by atoms with Crippen molar-refractivity contribution in [1.29, 1.82) is 0 Å². The van der Waals surface area contributed by atoms with Gasteiger partial charge in [0.2, 0.25) is 5.91 Å². The smallest absolute Gasteiger partial charge is 0.326 e. The number of halogens is 2.